The van der Waals surface area contributed by atoms with Gasteiger partial charge in [-0.05, 0) is 67.3 Å². The Labute approximate surface area is 275 Å². The number of rotatable bonds is 13. The van der Waals surface area contributed by atoms with Crippen molar-refractivity contribution >= 4 is 50.7 Å². The molecule has 45 heavy (non-hydrogen) atoms. The molecule has 236 valence electrons. The number of aryl methyl sites for hydroxylation is 2. The molecular formula is C35H37Cl2N3O4S. The molecule has 0 bridgehead atoms. The highest BCUT2D eigenvalue weighted by molar-refractivity contribution is 7.92. The normalized spacial score (nSPS) is 11.9. The van der Waals surface area contributed by atoms with Crippen LogP contribution < -0.4 is 9.62 Å². The maximum absolute atomic E-state index is 14.5. The van der Waals surface area contributed by atoms with Gasteiger partial charge >= 0.3 is 0 Å². The minimum atomic E-state index is -4.30. The van der Waals surface area contributed by atoms with Gasteiger partial charge in [-0.1, -0.05) is 102 Å². The number of carbonyl (C=O) groups excluding carboxylic acids is 2. The summed E-state index contributed by atoms with van der Waals surface area (Å²) in [5.41, 5.74) is 3.57. The molecule has 0 fully saturated rings. The van der Waals surface area contributed by atoms with Crippen LogP contribution in [0.3, 0.4) is 0 Å². The number of nitrogens with one attached hydrogen (secondary N) is 1. The molecule has 0 aliphatic carbocycles. The first kappa shape index (κ1) is 34.0. The molecule has 0 saturated heterocycles. The molecule has 0 unspecified atom stereocenters. The second kappa shape index (κ2) is 15.4. The Morgan fingerprint density at radius 1 is 0.867 bits per heavy atom. The van der Waals surface area contributed by atoms with E-state index in [4.69, 9.17) is 23.2 Å². The second-order valence-electron chi connectivity index (χ2n) is 10.9. The van der Waals surface area contributed by atoms with Gasteiger partial charge in [-0.2, -0.15) is 0 Å². The summed E-state index contributed by atoms with van der Waals surface area (Å²) in [6.07, 6.45) is 0.946. The van der Waals surface area contributed by atoms with Crippen LogP contribution in [0, 0.1) is 13.8 Å². The molecule has 0 radical (unpaired) electrons. The van der Waals surface area contributed by atoms with E-state index in [2.05, 4.69) is 5.32 Å². The van der Waals surface area contributed by atoms with E-state index in [0.29, 0.717) is 13.0 Å². The van der Waals surface area contributed by atoms with Crippen LogP contribution >= 0.6 is 23.2 Å². The monoisotopic (exact) mass is 665 g/mol. The molecule has 0 spiro atoms. The molecule has 10 heteroatoms. The first-order valence-corrected chi connectivity index (χ1v) is 16.9. The maximum Gasteiger partial charge on any atom is 0.264 e. The molecule has 1 N–H and O–H groups in total. The minimum absolute atomic E-state index is 0.0103. The molecule has 7 nitrogen and oxygen atoms in total. The number of hydrogen-bond donors (Lipinski definition) is 1. The zero-order valence-corrected chi connectivity index (χ0v) is 27.9. The Morgan fingerprint density at radius 3 is 2.20 bits per heavy atom. The summed E-state index contributed by atoms with van der Waals surface area (Å²) in [5.74, 6) is -0.895. The van der Waals surface area contributed by atoms with Crippen molar-refractivity contribution in [3.8, 4) is 0 Å². The zero-order chi connectivity index (χ0) is 32.6. The Kier molecular flexibility index (Phi) is 11.7. The summed E-state index contributed by atoms with van der Waals surface area (Å²) in [7, 11) is -4.30. The highest BCUT2D eigenvalue weighted by Gasteiger charge is 2.35. The number of carbonyl (C=O) groups is 2. The van der Waals surface area contributed by atoms with Crippen molar-refractivity contribution in [1.82, 2.24) is 10.2 Å². The van der Waals surface area contributed by atoms with Crippen LogP contribution in [0.4, 0.5) is 5.69 Å². The van der Waals surface area contributed by atoms with Gasteiger partial charge in [-0.25, -0.2) is 8.42 Å². The fourth-order valence-electron chi connectivity index (χ4n) is 4.92. The summed E-state index contributed by atoms with van der Waals surface area (Å²) in [6.45, 7) is 5.64. The van der Waals surface area contributed by atoms with Gasteiger partial charge in [0.1, 0.15) is 12.6 Å². The summed E-state index contributed by atoms with van der Waals surface area (Å²) in [6, 6.07) is 26.9. The number of nitrogens with zero attached hydrogens (tertiary/aromatic N) is 2. The van der Waals surface area contributed by atoms with Crippen molar-refractivity contribution in [1.29, 1.82) is 0 Å². The summed E-state index contributed by atoms with van der Waals surface area (Å²) >= 11 is 12.9. The lowest BCUT2D eigenvalue weighted by molar-refractivity contribution is -0.140. The molecule has 0 aliphatic rings. The van der Waals surface area contributed by atoms with Gasteiger partial charge in [0.2, 0.25) is 11.8 Å². The van der Waals surface area contributed by atoms with Gasteiger partial charge in [-0.15, -0.1) is 0 Å². The molecule has 4 aromatic rings. The van der Waals surface area contributed by atoms with E-state index < -0.39 is 28.5 Å². The largest absolute Gasteiger partial charge is 0.354 e. The quantitative estimate of drug-likeness (QED) is 0.167. The van der Waals surface area contributed by atoms with Crippen LogP contribution in [0.1, 0.15) is 35.6 Å². The number of amides is 2. The van der Waals surface area contributed by atoms with Crippen LogP contribution in [0.2, 0.25) is 10.0 Å². The number of hydrogen-bond acceptors (Lipinski definition) is 4. The van der Waals surface area contributed by atoms with E-state index in [1.165, 1.54) is 29.2 Å². The predicted molar refractivity (Wildman–Crippen MR) is 181 cm³/mol. The van der Waals surface area contributed by atoms with Crippen molar-refractivity contribution in [2.45, 2.75) is 51.1 Å². The van der Waals surface area contributed by atoms with Gasteiger partial charge in [0.15, 0.2) is 0 Å². The van der Waals surface area contributed by atoms with Gasteiger partial charge in [0.25, 0.3) is 10.0 Å². The number of benzene rings is 4. The van der Waals surface area contributed by atoms with E-state index >= 15 is 0 Å². The van der Waals surface area contributed by atoms with Gasteiger partial charge < -0.3 is 10.2 Å². The SMILES string of the molecule is CCCNC(=O)[C@H](Cc1ccccc1)N(Cc1ccccc1C)C(=O)CN(c1cc(Cl)ccc1Cl)S(=O)(=O)c1ccc(C)cc1. The predicted octanol–water partition coefficient (Wildman–Crippen LogP) is 6.97. The van der Waals surface area contributed by atoms with Crippen LogP contribution in [0.5, 0.6) is 0 Å². The average molecular weight is 667 g/mol. The van der Waals surface area contributed by atoms with Crippen LogP contribution in [-0.4, -0.2) is 44.3 Å². The molecule has 4 aromatic carbocycles. The van der Waals surface area contributed by atoms with E-state index in [9.17, 15) is 18.0 Å². The van der Waals surface area contributed by atoms with Crippen molar-refractivity contribution in [3.63, 3.8) is 0 Å². The maximum atomic E-state index is 14.5. The van der Waals surface area contributed by atoms with Crippen LogP contribution in [-0.2, 0) is 32.6 Å². The number of sulfonamides is 1. The lowest BCUT2D eigenvalue weighted by Crippen LogP contribution is -2.53. The topological polar surface area (TPSA) is 86.8 Å². The van der Waals surface area contributed by atoms with Gasteiger partial charge in [0.05, 0.1) is 15.6 Å². The third-order valence-electron chi connectivity index (χ3n) is 7.49. The molecule has 1 atom stereocenters. The third kappa shape index (κ3) is 8.66. The van der Waals surface area contributed by atoms with Crippen molar-refractivity contribution in [2.24, 2.45) is 0 Å². The Morgan fingerprint density at radius 2 is 1.53 bits per heavy atom. The lowest BCUT2D eigenvalue weighted by atomic mass is 10.0. The first-order valence-electron chi connectivity index (χ1n) is 14.7. The van der Waals surface area contributed by atoms with E-state index in [-0.39, 0.29) is 39.5 Å². The standard InChI is InChI=1S/C35H37Cl2N3O4S/c1-4-20-38-35(42)33(21-27-11-6-5-7-12-27)39(23-28-13-9-8-10-26(28)3)34(41)24-40(32-22-29(36)16-19-31(32)37)45(43,44)30-17-14-25(2)15-18-30/h5-19,22,33H,4,20-21,23-24H2,1-3H3,(H,38,42)/t33-/m0/s1. The minimum Gasteiger partial charge on any atom is -0.354 e. The van der Waals surface area contributed by atoms with E-state index in [1.807, 2.05) is 75.4 Å². The number of anilines is 1. The highest BCUT2D eigenvalue weighted by Crippen LogP contribution is 2.33. The Balaban J connectivity index is 1.83. The fraction of sp³-hybridized carbons (Fsp3) is 0.257. The molecule has 0 aliphatic heterocycles. The second-order valence-corrected chi connectivity index (χ2v) is 13.6. The Bertz CT molecular complexity index is 1730. The molecule has 0 aromatic heterocycles. The van der Waals surface area contributed by atoms with Gasteiger partial charge in [0, 0.05) is 24.5 Å². The van der Waals surface area contributed by atoms with Crippen molar-refractivity contribution in [3.05, 3.63) is 129 Å². The summed E-state index contributed by atoms with van der Waals surface area (Å²) in [4.78, 5) is 29.8. The van der Waals surface area contributed by atoms with E-state index in [1.54, 1.807) is 18.2 Å². The zero-order valence-electron chi connectivity index (χ0n) is 25.5. The molecular weight excluding hydrogens is 629 g/mol. The summed E-state index contributed by atoms with van der Waals surface area (Å²) < 4.78 is 29.4. The smallest absolute Gasteiger partial charge is 0.264 e. The van der Waals surface area contributed by atoms with Crippen molar-refractivity contribution < 1.29 is 18.0 Å². The average Bonchev–Trinajstić information content (AvgIpc) is 3.03. The van der Waals surface area contributed by atoms with E-state index in [0.717, 1.165) is 26.6 Å². The fourth-order valence-corrected chi connectivity index (χ4v) is 6.78. The lowest BCUT2D eigenvalue weighted by Gasteiger charge is -2.34. The highest BCUT2D eigenvalue weighted by atomic mass is 35.5. The van der Waals surface area contributed by atoms with Gasteiger partial charge in [-0.3, -0.25) is 13.9 Å². The van der Waals surface area contributed by atoms with Crippen LogP contribution in [0.15, 0.2) is 102 Å². The van der Waals surface area contributed by atoms with Crippen LogP contribution in [0.25, 0.3) is 0 Å². The molecule has 0 heterocycles. The molecule has 4 rings (SSSR count). The third-order valence-corrected chi connectivity index (χ3v) is 9.82. The summed E-state index contributed by atoms with van der Waals surface area (Å²) in [5, 5.41) is 3.31. The molecule has 2 amide bonds. The molecule has 0 saturated carbocycles. The number of halogens is 2. The Hall–Kier alpha value is -3.85. The van der Waals surface area contributed by atoms with Crippen molar-refractivity contribution in [2.75, 3.05) is 17.4 Å². The first-order chi connectivity index (χ1) is 21.5.